The van der Waals surface area contributed by atoms with E-state index in [4.69, 9.17) is 5.73 Å². The molecule has 0 aromatic carbocycles. The van der Waals surface area contributed by atoms with Crippen LogP contribution < -0.4 is 5.73 Å². The SMILES string of the molecule is CN(CCc1ccccn1)S(=O)(=O)CCCCN. The fraction of sp³-hybridized carbons (Fsp3) is 0.583. The third-order valence-corrected chi connectivity index (χ3v) is 4.68. The van der Waals surface area contributed by atoms with E-state index < -0.39 is 10.0 Å². The molecule has 6 heteroatoms. The van der Waals surface area contributed by atoms with E-state index in [-0.39, 0.29) is 5.75 Å². The fourth-order valence-electron chi connectivity index (χ4n) is 1.54. The van der Waals surface area contributed by atoms with E-state index in [2.05, 4.69) is 4.98 Å². The Balaban J connectivity index is 2.42. The maximum atomic E-state index is 11.9. The van der Waals surface area contributed by atoms with E-state index in [1.807, 2.05) is 18.2 Å². The van der Waals surface area contributed by atoms with Gasteiger partial charge in [0.2, 0.25) is 10.0 Å². The molecule has 0 spiro atoms. The van der Waals surface area contributed by atoms with Gasteiger partial charge in [0.1, 0.15) is 0 Å². The molecular weight excluding hydrogens is 250 g/mol. The molecule has 0 saturated heterocycles. The molecule has 1 aromatic heterocycles. The Kier molecular flexibility index (Phi) is 6.24. The van der Waals surface area contributed by atoms with Crippen molar-refractivity contribution < 1.29 is 8.42 Å². The van der Waals surface area contributed by atoms with Crippen LogP contribution in [-0.4, -0.2) is 43.6 Å². The second-order valence-corrected chi connectivity index (χ2v) is 6.40. The first-order valence-electron chi connectivity index (χ1n) is 6.10. The summed E-state index contributed by atoms with van der Waals surface area (Å²) >= 11 is 0. The highest BCUT2D eigenvalue weighted by atomic mass is 32.2. The van der Waals surface area contributed by atoms with Crippen LogP contribution in [0.25, 0.3) is 0 Å². The van der Waals surface area contributed by atoms with Crippen LogP contribution in [-0.2, 0) is 16.4 Å². The Morgan fingerprint density at radius 2 is 2.11 bits per heavy atom. The molecule has 0 saturated carbocycles. The van der Waals surface area contributed by atoms with Crippen molar-refractivity contribution in [1.82, 2.24) is 9.29 Å². The third kappa shape index (κ3) is 5.12. The average molecular weight is 271 g/mol. The molecule has 0 aliphatic rings. The number of aromatic nitrogens is 1. The monoisotopic (exact) mass is 271 g/mol. The molecule has 0 aliphatic heterocycles. The topological polar surface area (TPSA) is 76.3 Å². The zero-order valence-corrected chi connectivity index (χ0v) is 11.6. The molecule has 0 atom stereocenters. The standard InChI is InChI=1S/C12H21N3O2S/c1-15(18(16,17)11-5-3-8-13)10-7-12-6-2-4-9-14-12/h2,4,6,9H,3,5,7-8,10-11,13H2,1H3. The predicted molar refractivity (Wildman–Crippen MR) is 72.6 cm³/mol. The van der Waals surface area contributed by atoms with Crippen LogP contribution in [0.5, 0.6) is 0 Å². The summed E-state index contributed by atoms with van der Waals surface area (Å²) in [6.07, 6.45) is 3.71. The molecule has 1 rings (SSSR count). The molecule has 1 heterocycles. The summed E-state index contributed by atoms with van der Waals surface area (Å²) in [4.78, 5) is 4.17. The van der Waals surface area contributed by atoms with Crippen LogP contribution in [0, 0.1) is 0 Å². The number of hydrogen-bond donors (Lipinski definition) is 1. The fourth-order valence-corrected chi connectivity index (χ4v) is 2.79. The van der Waals surface area contributed by atoms with E-state index in [1.54, 1.807) is 13.2 Å². The highest BCUT2D eigenvalue weighted by molar-refractivity contribution is 7.89. The lowest BCUT2D eigenvalue weighted by Crippen LogP contribution is -2.31. The third-order valence-electron chi connectivity index (χ3n) is 2.74. The van der Waals surface area contributed by atoms with E-state index in [1.165, 1.54) is 4.31 Å². The molecule has 2 N–H and O–H groups in total. The first kappa shape index (κ1) is 15.1. The lowest BCUT2D eigenvalue weighted by atomic mass is 10.3. The minimum atomic E-state index is -3.15. The van der Waals surface area contributed by atoms with Gasteiger partial charge in [-0.25, -0.2) is 12.7 Å². The summed E-state index contributed by atoms with van der Waals surface area (Å²) in [5.74, 6) is 0.170. The smallest absolute Gasteiger partial charge is 0.213 e. The summed E-state index contributed by atoms with van der Waals surface area (Å²) in [6.45, 7) is 0.995. The minimum Gasteiger partial charge on any atom is -0.330 e. The molecule has 0 unspecified atom stereocenters. The molecule has 0 radical (unpaired) electrons. The normalized spacial score (nSPS) is 11.9. The van der Waals surface area contributed by atoms with E-state index in [0.29, 0.717) is 25.9 Å². The first-order valence-corrected chi connectivity index (χ1v) is 7.71. The summed E-state index contributed by atoms with van der Waals surface area (Å²) in [7, 11) is -1.54. The number of unbranched alkanes of at least 4 members (excludes halogenated alkanes) is 1. The second-order valence-electron chi connectivity index (χ2n) is 4.20. The molecule has 0 fully saturated rings. The number of hydrogen-bond acceptors (Lipinski definition) is 4. The van der Waals surface area contributed by atoms with Gasteiger partial charge in [0.25, 0.3) is 0 Å². The van der Waals surface area contributed by atoms with E-state index in [0.717, 1.165) is 12.1 Å². The van der Waals surface area contributed by atoms with Gasteiger partial charge < -0.3 is 5.73 Å². The number of nitrogens with zero attached hydrogens (tertiary/aromatic N) is 2. The van der Waals surface area contributed by atoms with Crippen LogP contribution in [0.2, 0.25) is 0 Å². The van der Waals surface area contributed by atoms with Gasteiger partial charge in [0, 0.05) is 31.9 Å². The number of sulfonamides is 1. The van der Waals surface area contributed by atoms with Crippen molar-refractivity contribution in [3.05, 3.63) is 30.1 Å². The van der Waals surface area contributed by atoms with Crippen molar-refractivity contribution in [2.24, 2.45) is 5.73 Å². The van der Waals surface area contributed by atoms with Crippen molar-refractivity contribution in [2.75, 3.05) is 25.9 Å². The lowest BCUT2D eigenvalue weighted by Gasteiger charge is -2.16. The summed E-state index contributed by atoms with van der Waals surface area (Å²) in [6, 6.07) is 5.64. The first-order chi connectivity index (χ1) is 8.56. The van der Waals surface area contributed by atoms with Crippen molar-refractivity contribution in [3.63, 3.8) is 0 Å². The van der Waals surface area contributed by atoms with Gasteiger partial charge in [0.15, 0.2) is 0 Å². The molecule has 0 aliphatic carbocycles. The van der Waals surface area contributed by atoms with Crippen LogP contribution in [0.3, 0.4) is 0 Å². The Bertz CT molecular complexity index is 434. The van der Waals surface area contributed by atoms with E-state index in [9.17, 15) is 8.42 Å². The number of nitrogens with two attached hydrogens (primary N) is 1. The zero-order chi connectivity index (χ0) is 13.4. The van der Waals surface area contributed by atoms with Crippen molar-refractivity contribution in [1.29, 1.82) is 0 Å². The molecule has 0 bridgehead atoms. The van der Waals surface area contributed by atoms with Crippen molar-refractivity contribution >= 4 is 10.0 Å². The Morgan fingerprint density at radius 3 is 2.72 bits per heavy atom. The lowest BCUT2D eigenvalue weighted by molar-refractivity contribution is 0.469. The Hall–Kier alpha value is -0.980. The van der Waals surface area contributed by atoms with Gasteiger partial charge >= 0.3 is 0 Å². The van der Waals surface area contributed by atoms with E-state index >= 15 is 0 Å². The number of pyridine rings is 1. The zero-order valence-electron chi connectivity index (χ0n) is 10.7. The van der Waals surface area contributed by atoms with Gasteiger partial charge in [-0.05, 0) is 31.5 Å². The van der Waals surface area contributed by atoms with Crippen molar-refractivity contribution in [2.45, 2.75) is 19.3 Å². The molecule has 5 nitrogen and oxygen atoms in total. The summed E-state index contributed by atoms with van der Waals surface area (Å²) in [5, 5.41) is 0. The van der Waals surface area contributed by atoms with Gasteiger partial charge in [-0.2, -0.15) is 0 Å². The van der Waals surface area contributed by atoms with Crippen molar-refractivity contribution in [3.8, 4) is 0 Å². The van der Waals surface area contributed by atoms with Gasteiger partial charge in [-0.1, -0.05) is 6.07 Å². The largest absolute Gasteiger partial charge is 0.330 e. The Morgan fingerprint density at radius 1 is 1.33 bits per heavy atom. The molecule has 102 valence electrons. The number of likely N-dealkylation sites (N-methyl/N-ethyl adjacent to an activating group) is 1. The summed E-state index contributed by atoms with van der Waals surface area (Å²) in [5.41, 5.74) is 6.26. The Labute approximate surface area is 109 Å². The summed E-state index contributed by atoms with van der Waals surface area (Å²) < 4.78 is 25.2. The molecule has 1 aromatic rings. The van der Waals surface area contributed by atoms with Crippen LogP contribution in [0.4, 0.5) is 0 Å². The minimum absolute atomic E-state index is 0.170. The van der Waals surface area contributed by atoms with Crippen LogP contribution >= 0.6 is 0 Å². The molecule has 18 heavy (non-hydrogen) atoms. The van der Waals surface area contributed by atoms with Gasteiger partial charge in [-0.15, -0.1) is 0 Å². The highest BCUT2D eigenvalue weighted by Gasteiger charge is 2.16. The maximum Gasteiger partial charge on any atom is 0.213 e. The van der Waals surface area contributed by atoms with Gasteiger partial charge in [-0.3, -0.25) is 4.98 Å². The second kappa shape index (κ2) is 7.45. The highest BCUT2D eigenvalue weighted by Crippen LogP contribution is 2.04. The quantitative estimate of drug-likeness (QED) is 0.703. The average Bonchev–Trinajstić information content (AvgIpc) is 2.37. The van der Waals surface area contributed by atoms with Crippen LogP contribution in [0.15, 0.2) is 24.4 Å². The molecule has 0 amide bonds. The van der Waals surface area contributed by atoms with Gasteiger partial charge in [0.05, 0.1) is 5.75 Å². The molecular formula is C12H21N3O2S. The number of rotatable bonds is 8. The van der Waals surface area contributed by atoms with Crippen LogP contribution in [0.1, 0.15) is 18.5 Å². The predicted octanol–water partition coefficient (Wildman–Crippen LogP) is 0.625. The maximum absolute atomic E-state index is 11.9.